The van der Waals surface area contributed by atoms with Crippen LogP contribution >= 0.6 is 7.14 Å². The van der Waals surface area contributed by atoms with E-state index in [1.807, 2.05) is 72.8 Å². The van der Waals surface area contributed by atoms with Crippen molar-refractivity contribution < 1.29 is 4.57 Å². The van der Waals surface area contributed by atoms with Crippen LogP contribution in [0.4, 0.5) is 34.1 Å². The number of anilines is 6. The number of para-hydroxylation sites is 2. The molecule has 8 aromatic rings. The van der Waals surface area contributed by atoms with Gasteiger partial charge < -0.3 is 14.4 Å². The molecular formula is C51H39N2OP. The van der Waals surface area contributed by atoms with Crippen LogP contribution in [0.1, 0.15) is 25.0 Å². The highest BCUT2D eigenvalue weighted by Crippen LogP contribution is 2.62. The van der Waals surface area contributed by atoms with Crippen molar-refractivity contribution in [1.29, 1.82) is 0 Å². The molecule has 0 amide bonds. The Morgan fingerprint density at radius 1 is 0.418 bits per heavy atom. The summed E-state index contributed by atoms with van der Waals surface area (Å²) in [6.07, 6.45) is 0. The van der Waals surface area contributed by atoms with Gasteiger partial charge in [0.2, 0.25) is 0 Å². The van der Waals surface area contributed by atoms with Crippen LogP contribution in [0.5, 0.6) is 0 Å². The fourth-order valence-electron chi connectivity index (χ4n) is 8.80. The van der Waals surface area contributed by atoms with Crippen molar-refractivity contribution >= 4 is 57.2 Å². The average molecular weight is 727 g/mol. The Bertz CT molecular complexity index is 2720. The molecule has 3 nitrogen and oxygen atoms in total. The molecule has 0 fully saturated rings. The van der Waals surface area contributed by atoms with Gasteiger partial charge in [0.25, 0.3) is 0 Å². The van der Waals surface area contributed by atoms with Crippen molar-refractivity contribution in [2.75, 3.05) is 9.80 Å². The normalized spacial score (nSPS) is 13.8. The summed E-state index contributed by atoms with van der Waals surface area (Å²) in [5, 5.41) is 2.46. The Balaban J connectivity index is 1.21. The second-order valence-electron chi connectivity index (χ2n) is 14.9. The lowest BCUT2D eigenvalue weighted by atomic mass is 9.82. The summed E-state index contributed by atoms with van der Waals surface area (Å²) in [5.41, 5.74) is 13.8. The minimum atomic E-state index is -3.16. The molecule has 0 saturated heterocycles. The fourth-order valence-corrected chi connectivity index (χ4v) is 11.5. The molecule has 0 bridgehead atoms. The highest BCUT2D eigenvalue weighted by Gasteiger charge is 2.42. The lowest BCUT2D eigenvalue weighted by Gasteiger charge is -2.42. The van der Waals surface area contributed by atoms with Crippen molar-refractivity contribution in [3.8, 4) is 22.3 Å². The molecule has 10 rings (SSSR count). The Hall–Kier alpha value is -6.41. The zero-order valence-electron chi connectivity index (χ0n) is 30.8. The second kappa shape index (κ2) is 12.9. The predicted octanol–water partition coefficient (Wildman–Crippen LogP) is 12.6. The van der Waals surface area contributed by atoms with E-state index in [1.54, 1.807) is 0 Å². The van der Waals surface area contributed by atoms with E-state index >= 15 is 4.57 Å². The molecule has 0 N–H and O–H groups in total. The smallest absolute Gasteiger partial charge is 0.171 e. The summed E-state index contributed by atoms with van der Waals surface area (Å²) in [6.45, 7) is 4.69. The predicted molar refractivity (Wildman–Crippen MR) is 232 cm³/mol. The highest BCUT2D eigenvalue weighted by atomic mass is 31.2. The molecule has 1 aliphatic heterocycles. The molecule has 4 heteroatoms. The monoisotopic (exact) mass is 726 g/mol. The molecule has 264 valence electrons. The summed E-state index contributed by atoms with van der Waals surface area (Å²) in [6, 6.07) is 69.9. The number of rotatable bonds is 6. The lowest BCUT2D eigenvalue weighted by Crippen LogP contribution is -2.25. The van der Waals surface area contributed by atoms with Gasteiger partial charge in [-0.15, -0.1) is 0 Å². The molecule has 0 radical (unpaired) electrons. The quantitative estimate of drug-likeness (QED) is 0.159. The fraction of sp³-hybridized carbons (Fsp3) is 0.0588. The molecule has 1 aliphatic carbocycles. The van der Waals surface area contributed by atoms with Gasteiger partial charge in [0.05, 0.1) is 22.7 Å². The molecule has 0 spiro atoms. The minimum Gasteiger partial charge on any atom is -0.309 e. The number of fused-ring (bicyclic) bond motifs is 6. The second-order valence-corrected chi connectivity index (χ2v) is 17.7. The first-order valence-electron chi connectivity index (χ1n) is 18.9. The molecule has 0 aromatic heterocycles. The first-order chi connectivity index (χ1) is 26.9. The van der Waals surface area contributed by atoms with Gasteiger partial charge in [0, 0.05) is 38.3 Å². The van der Waals surface area contributed by atoms with E-state index in [9.17, 15) is 0 Å². The molecule has 0 unspecified atom stereocenters. The van der Waals surface area contributed by atoms with E-state index < -0.39 is 7.14 Å². The molecule has 2 aliphatic rings. The Morgan fingerprint density at radius 3 is 1.60 bits per heavy atom. The van der Waals surface area contributed by atoms with Crippen molar-refractivity contribution in [3.05, 3.63) is 211 Å². The van der Waals surface area contributed by atoms with E-state index in [1.165, 1.54) is 27.9 Å². The number of nitrogens with zero attached hydrogens (tertiary/aromatic N) is 2. The van der Waals surface area contributed by atoms with Gasteiger partial charge in [-0.1, -0.05) is 166 Å². The molecule has 1 heterocycles. The van der Waals surface area contributed by atoms with Gasteiger partial charge in [0.1, 0.15) is 0 Å². The summed E-state index contributed by atoms with van der Waals surface area (Å²) in [4.78, 5) is 4.88. The standard InChI is InChI=1S/C51H39N2OP/c1-51(2)44-29-16-15-28-43(44)49-45(51)31-33-47-50(49)53(39-21-9-4-10-22-39)46-32-30-37(35-48(46)52(47)38-19-7-3-8-20-38)36-18-17-27-42(34-36)55(54,40-23-11-5-12-24-40)41-25-13-6-14-26-41/h3-35H,1-2H3. The summed E-state index contributed by atoms with van der Waals surface area (Å²) in [7, 11) is -3.16. The van der Waals surface area contributed by atoms with Crippen molar-refractivity contribution in [1.82, 2.24) is 0 Å². The summed E-state index contributed by atoms with van der Waals surface area (Å²) in [5.74, 6) is 0. The van der Waals surface area contributed by atoms with Crippen molar-refractivity contribution in [3.63, 3.8) is 0 Å². The molecule has 55 heavy (non-hydrogen) atoms. The van der Waals surface area contributed by atoms with Gasteiger partial charge in [0.15, 0.2) is 7.14 Å². The third-order valence-electron chi connectivity index (χ3n) is 11.4. The van der Waals surface area contributed by atoms with Crippen LogP contribution in [-0.4, -0.2) is 0 Å². The van der Waals surface area contributed by atoms with E-state index in [-0.39, 0.29) is 5.41 Å². The third kappa shape index (κ3) is 5.15. The zero-order valence-corrected chi connectivity index (χ0v) is 31.7. The molecule has 0 saturated carbocycles. The van der Waals surface area contributed by atoms with Crippen LogP contribution in [0.25, 0.3) is 22.3 Å². The summed E-state index contributed by atoms with van der Waals surface area (Å²) >= 11 is 0. The SMILES string of the molecule is CC1(C)c2ccccc2-c2c1ccc1c2N(c2ccccc2)c2ccc(-c3cccc(P(=O)(c4ccccc4)c4ccccc4)c3)cc2N1c1ccccc1. The molecule has 8 aromatic carbocycles. The maximum Gasteiger partial charge on any atom is 0.171 e. The zero-order chi connectivity index (χ0) is 37.1. The number of benzene rings is 8. The number of hydrogen-bond donors (Lipinski definition) is 0. The van der Waals surface area contributed by atoms with E-state index in [0.717, 1.165) is 55.5 Å². The van der Waals surface area contributed by atoms with Crippen LogP contribution in [0, 0.1) is 0 Å². The van der Waals surface area contributed by atoms with Crippen LogP contribution < -0.4 is 25.7 Å². The first kappa shape index (κ1) is 33.2. The maximum atomic E-state index is 15.4. The van der Waals surface area contributed by atoms with Gasteiger partial charge in [-0.05, 0) is 76.3 Å². The van der Waals surface area contributed by atoms with Gasteiger partial charge >= 0.3 is 0 Å². The topological polar surface area (TPSA) is 23.6 Å². The Labute approximate surface area is 323 Å². The average Bonchev–Trinajstić information content (AvgIpc) is 3.49. The van der Waals surface area contributed by atoms with E-state index in [2.05, 4.69) is 151 Å². The van der Waals surface area contributed by atoms with Crippen molar-refractivity contribution in [2.24, 2.45) is 0 Å². The molecular weight excluding hydrogens is 688 g/mol. The van der Waals surface area contributed by atoms with Crippen LogP contribution in [-0.2, 0) is 9.98 Å². The molecule has 0 atom stereocenters. The Kier molecular flexibility index (Phi) is 7.76. The van der Waals surface area contributed by atoms with Crippen LogP contribution in [0.15, 0.2) is 200 Å². The van der Waals surface area contributed by atoms with E-state index in [0.29, 0.717) is 0 Å². The van der Waals surface area contributed by atoms with Crippen LogP contribution in [0.3, 0.4) is 0 Å². The highest BCUT2D eigenvalue weighted by molar-refractivity contribution is 7.85. The van der Waals surface area contributed by atoms with Crippen molar-refractivity contribution in [2.45, 2.75) is 19.3 Å². The van der Waals surface area contributed by atoms with Gasteiger partial charge in [-0.3, -0.25) is 0 Å². The Morgan fingerprint density at radius 2 is 0.945 bits per heavy atom. The summed E-state index contributed by atoms with van der Waals surface area (Å²) < 4.78 is 15.4. The van der Waals surface area contributed by atoms with Gasteiger partial charge in [-0.2, -0.15) is 0 Å². The minimum absolute atomic E-state index is 0.144. The van der Waals surface area contributed by atoms with Crippen LogP contribution in [0.2, 0.25) is 0 Å². The number of hydrogen-bond acceptors (Lipinski definition) is 3. The first-order valence-corrected chi connectivity index (χ1v) is 20.6. The largest absolute Gasteiger partial charge is 0.309 e. The maximum absolute atomic E-state index is 15.4. The third-order valence-corrected chi connectivity index (χ3v) is 14.5. The van der Waals surface area contributed by atoms with Gasteiger partial charge in [-0.25, -0.2) is 0 Å². The van der Waals surface area contributed by atoms with E-state index in [4.69, 9.17) is 0 Å². The lowest BCUT2D eigenvalue weighted by molar-refractivity contribution is 0.592.